The van der Waals surface area contributed by atoms with E-state index in [1.165, 1.54) is 0 Å². The molecule has 4 heteroatoms. The van der Waals surface area contributed by atoms with Crippen LogP contribution in [0.15, 0.2) is 42.5 Å². The highest BCUT2D eigenvalue weighted by Crippen LogP contribution is 2.40. The van der Waals surface area contributed by atoms with E-state index in [1.54, 1.807) is 0 Å². The van der Waals surface area contributed by atoms with Crippen molar-refractivity contribution in [3.8, 4) is 0 Å². The number of aromatic nitrogens is 1. The fraction of sp³-hybridized carbons (Fsp3) is 0.368. The Morgan fingerprint density at radius 2 is 2.04 bits per heavy atom. The maximum absolute atomic E-state index is 12.3. The van der Waals surface area contributed by atoms with Gasteiger partial charge in [0.25, 0.3) is 0 Å². The Kier molecular flexibility index (Phi) is 4.97. The van der Waals surface area contributed by atoms with Crippen LogP contribution in [-0.4, -0.2) is 10.9 Å². The average molecular weight is 329 g/mol. The van der Waals surface area contributed by atoms with Gasteiger partial charge in [0, 0.05) is 17.1 Å². The van der Waals surface area contributed by atoms with Crippen molar-refractivity contribution in [3.63, 3.8) is 0 Å². The van der Waals surface area contributed by atoms with Crippen LogP contribution >= 0.6 is 11.6 Å². The number of amides is 1. The van der Waals surface area contributed by atoms with E-state index in [0.29, 0.717) is 18.8 Å². The summed E-state index contributed by atoms with van der Waals surface area (Å²) < 4.78 is 0. The average Bonchev–Trinajstić information content (AvgIpc) is 3.36. The zero-order valence-electron chi connectivity index (χ0n) is 13.3. The summed E-state index contributed by atoms with van der Waals surface area (Å²) in [6.07, 6.45) is 3.42. The molecule has 0 spiro atoms. The molecule has 1 amide bonds. The van der Waals surface area contributed by atoms with Crippen molar-refractivity contribution in [2.45, 2.75) is 38.6 Å². The summed E-state index contributed by atoms with van der Waals surface area (Å²) in [6.45, 7) is 1.98. The van der Waals surface area contributed by atoms with Gasteiger partial charge in [-0.1, -0.05) is 35.9 Å². The number of nitrogens with zero attached hydrogens (tertiary/aromatic N) is 1. The third kappa shape index (κ3) is 4.32. The molecular weight excluding hydrogens is 308 g/mol. The van der Waals surface area contributed by atoms with Crippen molar-refractivity contribution >= 4 is 17.5 Å². The Balaban J connectivity index is 1.62. The van der Waals surface area contributed by atoms with Crippen LogP contribution in [0.1, 0.15) is 42.3 Å². The summed E-state index contributed by atoms with van der Waals surface area (Å²) in [5.41, 5.74) is 2.97. The molecule has 23 heavy (non-hydrogen) atoms. The van der Waals surface area contributed by atoms with Gasteiger partial charge in [-0.25, -0.2) is 0 Å². The molecule has 2 aromatic rings. The van der Waals surface area contributed by atoms with Crippen LogP contribution < -0.4 is 5.32 Å². The Bertz CT molecular complexity index is 697. The van der Waals surface area contributed by atoms with Crippen LogP contribution in [0.2, 0.25) is 5.02 Å². The van der Waals surface area contributed by atoms with E-state index < -0.39 is 0 Å². The summed E-state index contributed by atoms with van der Waals surface area (Å²) in [5, 5.41) is 3.89. The van der Waals surface area contributed by atoms with E-state index in [1.807, 2.05) is 49.4 Å². The van der Waals surface area contributed by atoms with Gasteiger partial charge in [-0.2, -0.15) is 0 Å². The minimum atomic E-state index is 0.0358. The van der Waals surface area contributed by atoms with E-state index >= 15 is 0 Å². The van der Waals surface area contributed by atoms with E-state index in [9.17, 15) is 4.79 Å². The molecule has 1 aliphatic carbocycles. The summed E-state index contributed by atoms with van der Waals surface area (Å²) in [4.78, 5) is 16.9. The number of benzene rings is 1. The first-order valence-corrected chi connectivity index (χ1v) is 8.47. The molecule has 0 bridgehead atoms. The molecule has 0 radical (unpaired) electrons. The molecule has 1 aliphatic rings. The van der Waals surface area contributed by atoms with Crippen molar-refractivity contribution < 1.29 is 4.79 Å². The highest BCUT2D eigenvalue weighted by Gasteiger charge is 2.34. The van der Waals surface area contributed by atoms with Gasteiger partial charge in [0.15, 0.2) is 0 Å². The van der Waals surface area contributed by atoms with Gasteiger partial charge in [-0.15, -0.1) is 0 Å². The van der Waals surface area contributed by atoms with Crippen LogP contribution in [0.5, 0.6) is 0 Å². The van der Waals surface area contributed by atoms with Gasteiger partial charge in [-0.3, -0.25) is 9.78 Å². The number of aryl methyl sites for hydroxylation is 2. The van der Waals surface area contributed by atoms with E-state index in [-0.39, 0.29) is 11.9 Å². The molecule has 1 N–H and O–H groups in total. The Labute approximate surface area is 142 Å². The monoisotopic (exact) mass is 328 g/mol. The van der Waals surface area contributed by atoms with Crippen molar-refractivity contribution in [3.05, 3.63) is 64.4 Å². The second kappa shape index (κ2) is 7.14. The predicted octanol–water partition coefficient (Wildman–Crippen LogP) is 4.24. The van der Waals surface area contributed by atoms with Crippen LogP contribution in [0, 0.1) is 12.8 Å². The summed E-state index contributed by atoms with van der Waals surface area (Å²) >= 11 is 6.15. The molecule has 0 aliphatic heterocycles. The quantitative estimate of drug-likeness (QED) is 0.861. The van der Waals surface area contributed by atoms with Crippen LogP contribution in [-0.2, 0) is 11.2 Å². The number of pyridine rings is 1. The summed E-state index contributed by atoms with van der Waals surface area (Å²) in [5.74, 6) is 0.582. The second-order valence-corrected chi connectivity index (χ2v) is 6.59. The van der Waals surface area contributed by atoms with Crippen molar-refractivity contribution in [2.75, 3.05) is 0 Å². The van der Waals surface area contributed by atoms with Gasteiger partial charge < -0.3 is 5.32 Å². The first-order chi connectivity index (χ1) is 11.1. The largest absolute Gasteiger partial charge is 0.347 e. The molecular formula is C19H21ClN2O. The number of hydrogen-bond acceptors (Lipinski definition) is 2. The van der Waals surface area contributed by atoms with Crippen molar-refractivity contribution in [1.82, 2.24) is 10.3 Å². The smallest absolute Gasteiger partial charge is 0.220 e. The minimum absolute atomic E-state index is 0.0358. The standard InChI is InChI=1S/C19H21ClN2O/c1-13-5-4-8-17(21-13)19(15-9-10-15)22-18(23)12-11-14-6-2-3-7-16(14)20/h2-8,15,19H,9-12H2,1H3,(H,22,23)/t19-/m0/s1. The van der Waals surface area contributed by atoms with Gasteiger partial charge in [0.2, 0.25) is 5.91 Å². The van der Waals surface area contributed by atoms with Crippen LogP contribution in [0.25, 0.3) is 0 Å². The first-order valence-electron chi connectivity index (χ1n) is 8.10. The number of rotatable bonds is 6. The van der Waals surface area contributed by atoms with Gasteiger partial charge >= 0.3 is 0 Å². The molecule has 3 nitrogen and oxygen atoms in total. The highest BCUT2D eigenvalue weighted by molar-refractivity contribution is 6.31. The molecule has 1 heterocycles. The zero-order chi connectivity index (χ0) is 16.2. The number of nitrogens with one attached hydrogen (secondary N) is 1. The fourth-order valence-corrected chi connectivity index (χ4v) is 3.03. The predicted molar refractivity (Wildman–Crippen MR) is 92.4 cm³/mol. The Morgan fingerprint density at radius 1 is 1.26 bits per heavy atom. The molecule has 1 aromatic carbocycles. The number of carbonyl (C=O) groups is 1. The fourth-order valence-electron chi connectivity index (χ4n) is 2.80. The first kappa shape index (κ1) is 16.0. The van der Waals surface area contributed by atoms with E-state index in [0.717, 1.165) is 34.8 Å². The summed E-state index contributed by atoms with van der Waals surface area (Å²) in [6, 6.07) is 13.7. The lowest BCUT2D eigenvalue weighted by Crippen LogP contribution is -2.30. The number of halogens is 1. The molecule has 1 fully saturated rings. The maximum Gasteiger partial charge on any atom is 0.220 e. The Morgan fingerprint density at radius 3 is 2.74 bits per heavy atom. The molecule has 120 valence electrons. The number of carbonyl (C=O) groups excluding carboxylic acids is 1. The number of hydrogen-bond donors (Lipinski definition) is 1. The van der Waals surface area contributed by atoms with Gasteiger partial charge in [0.1, 0.15) is 0 Å². The molecule has 1 atom stereocenters. The van der Waals surface area contributed by atoms with Gasteiger partial charge in [-0.05, 0) is 55.9 Å². The molecule has 1 aromatic heterocycles. The molecule has 0 saturated heterocycles. The van der Waals surface area contributed by atoms with E-state index in [4.69, 9.17) is 11.6 Å². The minimum Gasteiger partial charge on any atom is -0.347 e. The lowest BCUT2D eigenvalue weighted by Gasteiger charge is -2.18. The van der Waals surface area contributed by atoms with Crippen LogP contribution in [0.3, 0.4) is 0 Å². The topological polar surface area (TPSA) is 42.0 Å². The molecule has 0 unspecified atom stereocenters. The molecule has 1 saturated carbocycles. The Hall–Kier alpha value is -1.87. The van der Waals surface area contributed by atoms with Crippen molar-refractivity contribution in [1.29, 1.82) is 0 Å². The van der Waals surface area contributed by atoms with Crippen LogP contribution in [0.4, 0.5) is 0 Å². The lowest BCUT2D eigenvalue weighted by atomic mass is 10.1. The second-order valence-electron chi connectivity index (χ2n) is 6.18. The lowest BCUT2D eigenvalue weighted by molar-refractivity contribution is -0.122. The van der Waals surface area contributed by atoms with Crippen molar-refractivity contribution in [2.24, 2.45) is 5.92 Å². The third-order valence-electron chi connectivity index (χ3n) is 4.22. The summed E-state index contributed by atoms with van der Waals surface area (Å²) in [7, 11) is 0. The third-order valence-corrected chi connectivity index (χ3v) is 4.59. The SMILES string of the molecule is Cc1cccc([C@@H](NC(=O)CCc2ccccc2Cl)C2CC2)n1. The maximum atomic E-state index is 12.3. The molecule has 3 rings (SSSR count). The zero-order valence-corrected chi connectivity index (χ0v) is 14.0. The highest BCUT2D eigenvalue weighted by atomic mass is 35.5. The van der Waals surface area contributed by atoms with E-state index in [2.05, 4.69) is 10.3 Å². The normalized spacial score (nSPS) is 15.2. The van der Waals surface area contributed by atoms with Gasteiger partial charge in [0.05, 0.1) is 11.7 Å².